The Morgan fingerprint density at radius 2 is 1.82 bits per heavy atom. The summed E-state index contributed by atoms with van der Waals surface area (Å²) >= 11 is 0. The zero-order valence-electron chi connectivity index (χ0n) is 13.1. The minimum absolute atomic E-state index is 0.0513. The average Bonchev–Trinajstić information content (AvgIpc) is 2.99. The SMILES string of the molecule is CC(=O)N(CCNC(=O)c1ccco1)c1c(C)cccc1C. The minimum Gasteiger partial charge on any atom is -0.459 e. The highest BCUT2D eigenvalue weighted by Gasteiger charge is 2.16. The summed E-state index contributed by atoms with van der Waals surface area (Å²) in [5.41, 5.74) is 2.97. The third-order valence-corrected chi connectivity index (χ3v) is 3.46. The molecule has 0 radical (unpaired) electrons. The molecule has 116 valence electrons. The van der Waals surface area contributed by atoms with Crippen molar-refractivity contribution in [2.75, 3.05) is 18.0 Å². The van der Waals surface area contributed by atoms with Gasteiger partial charge in [0.25, 0.3) is 5.91 Å². The summed E-state index contributed by atoms with van der Waals surface area (Å²) in [6.07, 6.45) is 1.45. The first kappa shape index (κ1) is 15.8. The van der Waals surface area contributed by atoms with Crippen LogP contribution in [0.4, 0.5) is 5.69 Å². The maximum atomic E-state index is 11.9. The molecule has 2 aromatic rings. The van der Waals surface area contributed by atoms with E-state index in [1.54, 1.807) is 17.0 Å². The van der Waals surface area contributed by atoms with Gasteiger partial charge in [0.1, 0.15) is 0 Å². The Labute approximate surface area is 129 Å². The highest BCUT2D eigenvalue weighted by atomic mass is 16.3. The van der Waals surface area contributed by atoms with Crippen LogP contribution >= 0.6 is 0 Å². The average molecular weight is 300 g/mol. The Bertz CT molecular complexity index is 642. The minimum atomic E-state index is -0.282. The fraction of sp³-hybridized carbons (Fsp3) is 0.294. The Kier molecular flexibility index (Phi) is 4.99. The maximum Gasteiger partial charge on any atom is 0.287 e. The fourth-order valence-electron chi connectivity index (χ4n) is 2.43. The molecule has 1 aromatic carbocycles. The Morgan fingerprint density at radius 1 is 1.14 bits per heavy atom. The molecule has 5 heteroatoms. The van der Waals surface area contributed by atoms with Crippen molar-refractivity contribution in [3.8, 4) is 0 Å². The molecule has 2 rings (SSSR count). The number of para-hydroxylation sites is 1. The van der Waals surface area contributed by atoms with Crippen molar-refractivity contribution in [3.63, 3.8) is 0 Å². The maximum absolute atomic E-state index is 11.9. The largest absolute Gasteiger partial charge is 0.459 e. The van der Waals surface area contributed by atoms with Crippen LogP contribution in [-0.2, 0) is 4.79 Å². The molecule has 0 aliphatic heterocycles. The second-order valence-corrected chi connectivity index (χ2v) is 5.14. The van der Waals surface area contributed by atoms with E-state index < -0.39 is 0 Å². The van der Waals surface area contributed by atoms with Crippen LogP contribution < -0.4 is 10.2 Å². The van der Waals surface area contributed by atoms with E-state index in [1.807, 2.05) is 32.0 Å². The molecule has 0 atom stereocenters. The molecule has 0 unspecified atom stereocenters. The Balaban J connectivity index is 2.04. The molecule has 0 aliphatic carbocycles. The fourth-order valence-corrected chi connectivity index (χ4v) is 2.43. The predicted molar refractivity (Wildman–Crippen MR) is 85.0 cm³/mol. The van der Waals surface area contributed by atoms with Gasteiger partial charge in [-0.15, -0.1) is 0 Å². The number of hydrogen-bond donors (Lipinski definition) is 1. The van der Waals surface area contributed by atoms with Gasteiger partial charge in [0.2, 0.25) is 5.91 Å². The van der Waals surface area contributed by atoms with Gasteiger partial charge in [-0.2, -0.15) is 0 Å². The van der Waals surface area contributed by atoms with Gasteiger partial charge in [-0.1, -0.05) is 18.2 Å². The second-order valence-electron chi connectivity index (χ2n) is 5.14. The molecule has 1 heterocycles. The molecule has 2 amide bonds. The van der Waals surface area contributed by atoms with E-state index in [9.17, 15) is 9.59 Å². The van der Waals surface area contributed by atoms with Crippen molar-refractivity contribution in [1.29, 1.82) is 0 Å². The second kappa shape index (κ2) is 6.93. The van der Waals surface area contributed by atoms with Gasteiger partial charge >= 0.3 is 0 Å². The van der Waals surface area contributed by atoms with E-state index in [0.717, 1.165) is 16.8 Å². The summed E-state index contributed by atoms with van der Waals surface area (Å²) in [5, 5.41) is 2.75. The third kappa shape index (κ3) is 3.55. The third-order valence-electron chi connectivity index (χ3n) is 3.46. The van der Waals surface area contributed by atoms with Crippen molar-refractivity contribution >= 4 is 17.5 Å². The molecular formula is C17H20N2O3. The Morgan fingerprint density at radius 3 is 2.36 bits per heavy atom. The number of anilines is 1. The number of aryl methyl sites for hydroxylation is 2. The summed E-state index contributed by atoms with van der Waals surface area (Å²) in [6.45, 7) is 6.24. The molecule has 0 saturated carbocycles. The highest BCUT2D eigenvalue weighted by molar-refractivity contribution is 5.94. The first-order valence-electron chi connectivity index (χ1n) is 7.16. The van der Waals surface area contributed by atoms with Crippen LogP contribution in [-0.4, -0.2) is 24.9 Å². The molecule has 1 aromatic heterocycles. The van der Waals surface area contributed by atoms with Crippen molar-refractivity contribution < 1.29 is 14.0 Å². The van der Waals surface area contributed by atoms with Crippen LogP contribution in [0.5, 0.6) is 0 Å². The van der Waals surface area contributed by atoms with Gasteiger partial charge in [-0.25, -0.2) is 0 Å². The van der Waals surface area contributed by atoms with Crippen LogP contribution in [0.25, 0.3) is 0 Å². The van der Waals surface area contributed by atoms with Crippen molar-refractivity contribution in [2.45, 2.75) is 20.8 Å². The van der Waals surface area contributed by atoms with E-state index in [2.05, 4.69) is 5.32 Å². The molecule has 0 bridgehead atoms. The molecule has 0 fully saturated rings. The lowest BCUT2D eigenvalue weighted by Crippen LogP contribution is -2.38. The first-order valence-corrected chi connectivity index (χ1v) is 7.16. The topological polar surface area (TPSA) is 62.6 Å². The highest BCUT2D eigenvalue weighted by Crippen LogP contribution is 2.24. The van der Waals surface area contributed by atoms with Gasteiger partial charge < -0.3 is 14.6 Å². The Hall–Kier alpha value is -2.56. The van der Waals surface area contributed by atoms with E-state index in [0.29, 0.717) is 13.1 Å². The summed E-state index contributed by atoms with van der Waals surface area (Å²) < 4.78 is 5.03. The number of amides is 2. The number of nitrogens with zero attached hydrogens (tertiary/aromatic N) is 1. The number of nitrogens with one attached hydrogen (secondary N) is 1. The number of carbonyl (C=O) groups is 2. The van der Waals surface area contributed by atoms with Crippen molar-refractivity contribution in [3.05, 3.63) is 53.5 Å². The standard InChI is InChI=1S/C17H20N2O3/c1-12-6-4-7-13(2)16(12)19(14(3)20)10-9-18-17(21)15-8-5-11-22-15/h4-8,11H,9-10H2,1-3H3,(H,18,21). The summed E-state index contributed by atoms with van der Waals surface area (Å²) in [5.74, 6) is -0.0684. The van der Waals surface area contributed by atoms with Gasteiger partial charge in [0.05, 0.1) is 6.26 Å². The zero-order valence-corrected chi connectivity index (χ0v) is 13.1. The number of rotatable bonds is 5. The van der Waals surface area contributed by atoms with E-state index >= 15 is 0 Å². The lowest BCUT2D eigenvalue weighted by Gasteiger charge is -2.25. The molecule has 1 N–H and O–H groups in total. The molecule has 5 nitrogen and oxygen atoms in total. The number of carbonyl (C=O) groups excluding carboxylic acids is 2. The van der Waals surface area contributed by atoms with Gasteiger partial charge in [-0.3, -0.25) is 9.59 Å². The quantitative estimate of drug-likeness (QED) is 0.923. The van der Waals surface area contributed by atoms with E-state index in [-0.39, 0.29) is 17.6 Å². The number of furan rings is 1. The number of hydrogen-bond acceptors (Lipinski definition) is 3. The van der Waals surface area contributed by atoms with Crippen molar-refractivity contribution in [2.24, 2.45) is 0 Å². The molecular weight excluding hydrogens is 280 g/mol. The van der Waals surface area contributed by atoms with Crippen LogP contribution in [0, 0.1) is 13.8 Å². The monoisotopic (exact) mass is 300 g/mol. The molecule has 0 saturated heterocycles. The summed E-state index contributed by atoms with van der Waals surface area (Å²) in [6, 6.07) is 9.17. The van der Waals surface area contributed by atoms with Gasteiger partial charge in [0.15, 0.2) is 5.76 Å². The normalized spacial score (nSPS) is 10.3. The lowest BCUT2D eigenvalue weighted by atomic mass is 10.1. The van der Waals surface area contributed by atoms with E-state index in [1.165, 1.54) is 13.2 Å². The van der Waals surface area contributed by atoms with Crippen LogP contribution in [0.2, 0.25) is 0 Å². The van der Waals surface area contributed by atoms with Crippen LogP contribution in [0.1, 0.15) is 28.6 Å². The van der Waals surface area contributed by atoms with Crippen LogP contribution in [0.15, 0.2) is 41.0 Å². The summed E-state index contributed by atoms with van der Waals surface area (Å²) in [7, 11) is 0. The lowest BCUT2D eigenvalue weighted by molar-refractivity contribution is -0.116. The molecule has 0 spiro atoms. The van der Waals surface area contributed by atoms with E-state index in [4.69, 9.17) is 4.42 Å². The predicted octanol–water partition coefficient (Wildman–Crippen LogP) is 2.68. The molecule has 22 heavy (non-hydrogen) atoms. The first-order chi connectivity index (χ1) is 10.5. The number of benzene rings is 1. The smallest absolute Gasteiger partial charge is 0.287 e. The van der Waals surface area contributed by atoms with Crippen LogP contribution in [0.3, 0.4) is 0 Å². The summed E-state index contributed by atoms with van der Waals surface area (Å²) in [4.78, 5) is 25.5. The zero-order chi connectivity index (χ0) is 16.1. The van der Waals surface area contributed by atoms with Crippen molar-refractivity contribution in [1.82, 2.24) is 5.32 Å². The van der Waals surface area contributed by atoms with Gasteiger partial charge in [0, 0.05) is 25.7 Å². The van der Waals surface area contributed by atoms with Gasteiger partial charge in [-0.05, 0) is 37.1 Å². The molecule has 0 aliphatic rings.